The molecule has 1 aromatic heterocycles. The van der Waals surface area contributed by atoms with Crippen LogP contribution in [0.5, 0.6) is 11.5 Å². The van der Waals surface area contributed by atoms with Gasteiger partial charge in [0.15, 0.2) is 0 Å². The van der Waals surface area contributed by atoms with E-state index in [0.29, 0.717) is 33.5 Å². The van der Waals surface area contributed by atoms with Crippen molar-refractivity contribution < 1.29 is 46.9 Å². The average molecular weight is 730 g/mol. The molecule has 0 bridgehead atoms. The normalized spacial score (nSPS) is 18.1. The molecule has 2 N–H and O–H groups in total. The number of rotatable bonds is 11. The predicted molar refractivity (Wildman–Crippen MR) is 187 cm³/mol. The number of hydrogen-bond donors (Lipinski definition) is 2. The van der Waals surface area contributed by atoms with Crippen molar-refractivity contribution in [1.82, 2.24) is 9.88 Å². The molecule has 1 aliphatic rings. The Bertz CT molecular complexity index is 2150. The van der Waals surface area contributed by atoms with E-state index in [1.165, 1.54) is 4.57 Å². The van der Waals surface area contributed by atoms with Gasteiger partial charge in [0.1, 0.15) is 34.3 Å². The van der Waals surface area contributed by atoms with Crippen LogP contribution in [-0.4, -0.2) is 59.7 Å². The molecule has 274 valence electrons. The van der Waals surface area contributed by atoms with Crippen molar-refractivity contribution >= 4 is 22.6 Å². The number of aliphatic hydroxyl groups is 1. The molecule has 6 rings (SSSR count). The number of nitrogens with zero attached hydrogens (tertiary/aromatic N) is 2. The van der Waals surface area contributed by atoms with Crippen LogP contribution in [-0.2, 0) is 26.5 Å². The van der Waals surface area contributed by atoms with Crippen LogP contribution in [0.2, 0.25) is 0 Å². The van der Waals surface area contributed by atoms with Crippen LogP contribution in [0, 0.1) is 22.0 Å². The first-order chi connectivity index (χ1) is 25.5. The second kappa shape index (κ2) is 15.4. The number of aromatic nitrogens is 1. The van der Waals surface area contributed by atoms with E-state index in [2.05, 4.69) is 11.8 Å². The maximum absolute atomic E-state index is 12.7. The molecule has 5 aromatic rings. The van der Waals surface area contributed by atoms with Crippen molar-refractivity contribution in [2.75, 3.05) is 20.8 Å². The van der Waals surface area contributed by atoms with Crippen LogP contribution >= 0.6 is 0 Å². The molecule has 4 atom stereocenters. The predicted octanol–water partition coefficient (Wildman–Crippen LogP) is 6.41. The van der Waals surface area contributed by atoms with Gasteiger partial charge in [-0.2, -0.15) is 17.7 Å². The zero-order valence-corrected chi connectivity index (χ0v) is 28.5. The summed E-state index contributed by atoms with van der Waals surface area (Å²) in [6.07, 6.45) is -8.69. The average Bonchev–Trinajstić information content (AvgIpc) is 3.71. The van der Waals surface area contributed by atoms with Crippen LogP contribution in [0.15, 0.2) is 103 Å². The molecule has 53 heavy (non-hydrogen) atoms. The Balaban J connectivity index is 1.45. The number of nitrogens with one attached hydrogen (secondary N) is 1. The van der Waals surface area contributed by atoms with Gasteiger partial charge >= 0.3 is 17.9 Å². The number of para-hydroxylation sites is 1. The molecule has 0 radical (unpaired) electrons. The lowest BCUT2D eigenvalue weighted by Gasteiger charge is -2.40. The van der Waals surface area contributed by atoms with Gasteiger partial charge in [-0.05, 0) is 58.0 Å². The van der Waals surface area contributed by atoms with E-state index in [1.54, 1.807) is 68.1 Å². The number of ether oxygens (including phenoxy) is 4. The number of benzene rings is 4. The molecular weight excluding hydrogens is 695 g/mol. The molecule has 11 nitrogen and oxygen atoms in total. The molecule has 4 unspecified atom stereocenters. The molecule has 1 amide bonds. The van der Waals surface area contributed by atoms with E-state index < -0.39 is 53.4 Å². The third-order valence-electron chi connectivity index (χ3n) is 9.00. The SMILES string of the molecule is COc1ccc(COC(c2ccccc2)(c2ccc(OC)cc2)C2OC(n3c([N+](=O)[O-])c(C#CCNC(=O)C(F)(F)F)c4ccccc43)CC2O)cc1. The van der Waals surface area contributed by atoms with Crippen molar-refractivity contribution in [2.45, 2.75) is 43.2 Å². The smallest absolute Gasteiger partial charge is 0.471 e. The fourth-order valence-electron chi connectivity index (χ4n) is 6.57. The second-order valence-corrected chi connectivity index (χ2v) is 12.1. The van der Waals surface area contributed by atoms with E-state index in [1.807, 2.05) is 54.6 Å². The number of carbonyl (C=O) groups excluding carboxylic acids is 1. The highest BCUT2D eigenvalue weighted by atomic mass is 19.4. The molecule has 0 spiro atoms. The largest absolute Gasteiger partial charge is 0.497 e. The number of nitro groups is 1. The lowest BCUT2D eigenvalue weighted by molar-refractivity contribution is -0.393. The van der Waals surface area contributed by atoms with Crippen LogP contribution in [0.4, 0.5) is 19.0 Å². The highest BCUT2D eigenvalue weighted by molar-refractivity contribution is 5.91. The fraction of sp³-hybridized carbons (Fsp3) is 0.256. The van der Waals surface area contributed by atoms with Gasteiger partial charge in [0.05, 0.1) is 33.5 Å². The van der Waals surface area contributed by atoms with E-state index in [0.717, 1.165) is 5.56 Å². The van der Waals surface area contributed by atoms with Crippen molar-refractivity contribution in [1.29, 1.82) is 0 Å². The summed E-state index contributed by atoms with van der Waals surface area (Å²) in [5.74, 6) is 3.56. The van der Waals surface area contributed by atoms with Gasteiger partial charge in [-0.3, -0.25) is 4.79 Å². The summed E-state index contributed by atoms with van der Waals surface area (Å²) in [5, 5.41) is 26.7. The van der Waals surface area contributed by atoms with Crippen LogP contribution < -0.4 is 14.8 Å². The van der Waals surface area contributed by atoms with Crippen molar-refractivity contribution in [2.24, 2.45) is 0 Å². The van der Waals surface area contributed by atoms with E-state index in [-0.39, 0.29) is 18.6 Å². The lowest BCUT2D eigenvalue weighted by Crippen LogP contribution is -2.48. The van der Waals surface area contributed by atoms with Crippen LogP contribution in [0.1, 0.15) is 34.9 Å². The van der Waals surface area contributed by atoms with Gasteiger partial charge in [-0.15, -0.1) is 0 Å². The first-order valence-electron chi connectivity index (χ1n) is 16.4. The van der Waals surface area contributed by atoms with E-state index in [4.69, 9.17) is 18.9 Å². The second-order valence-electron chi connectivity index (χ2n) is 12.1. The molecule has 1 aliphatic heterocycles. The molecule has 4 aromatic carbocycles. The fourth-order valence-corrected chi connectivity index (χ4v) is 6.57. The van der Waals surface area contributed by atoms with Gasteiger partial charge < -0.3 is 39.5 Å². The molecule has 1 saturated heterocycles. The van der Waals surface area contributed by atoms with Gasteiger partial charge in [-0.1, -0.05) is 78.6 Å². The summed E-state index contributed by atoms with van der Waals surface area (Å²) in [6, 6.07) is 30.1. The summed E-state index contributed by atoms with van der Waals surface area (Å²) < 4.78 is 63.8. The van der Waals surface area contributed by atoms with E-state index >= 15 is 0 Å². The van der Waals surface area contributed by atoms with Crippen LogP contribution in [0.3, 0.4) is 0 Å². The number of amides is 1. The molecule has 14 heteroatoms. The molecule has 0 saturated carbocycles. The molecular formula is C39H34F3N3O8. The Morgan fingerprint density at radius 1 is 0.943 bits per heavy atom. The Morgan fingerprint density at radius 2 is 1.55 bits per heavy atom. The summed E-state index contributed by atoms with van der Waals surface area (Å²) in [4.78, 5) is 23.4. The van der Waals surface area contributed by atoms with Gasteiger partial charge in [-0.25, -0.2) is 0 Å². The number of methoxy groups -OCH3 is 2. The maximum atomic E-state index is 12.7. The van der Waals surface area contributed by atoms with Crippen molar-refractivity contribution in [3.8, 4) is 23.3 Å². The standard InChI is InChI=1S/C39H34F3N3O8/c1-50-28-18-14-25(15-19-28)24-52-38(26-9-4-3-5-10-26,27-16-20-29(51-2)21-17-27)35-33(46)23-34(53-35)44-32-13-7-6-11-30(32)31(36(44)45(48)49)12-8-22-43-37(47)39(40,41)42/h3-7,9-11,13-21,33-35,46H,22-24H2,1-2H3,(H,43,47). The summed E-state index contributed by atoms with van der Waals surface area (Å²) in [7, 11) is 3.11. The number of carbonyl (C=O) groups is 1. The first-order valence-corrected chi connectivity index (χ1v) is 16.4. The third kappa shape index (κ3) is 7.40. The Labute approximate surface area is 302 Å². The highest BCUT2D eigenvalue weighted by Crippen LogP contribution is 2.49. The Hall–Kier alpha value is -5.88. The quantitative estimate of drug-likeness (QED) is 0.0906. The minimum absolute atomic E-state index is 0.0688. The van der Waals surface area contributed by atoms with Gasteiger partial charge in [0.25, 0.3) is 0 Å². The number of fused-ring (bicyclic) bond motifs is 1. The Morgan fingerprint density at radius 3 is 2.17 bits per heavy atom. The topological polar surface area (TPSA) is 134 Å². The maximum Gasteiger partial charge on any atom is 0.471 e. The Kier molecular flexibility index (Phi) is 10.7. The molecule has 0 aliphatic carbocycles. The minimum atomic E-state index is -5.11. The summed E-state index contributed by atoms with van der Waals surface area (Å²) in [5.41, 5.74) is 0.830. The third-order valence-corrected chi connectivity index (χ3v) is 9.00. The van der Waals surface area contributed by atoms with Crippen molar-refractivity contribution in [3.63, 3.8) is 0 Å². The van der Waals surface area contributed by atoms with E-state index in [9.17, 15) is 33.2 Å². The van der Waals surface area contributed by atoms with Gasteiger partial charge in [0.2, 0.25) is 6.23 Å². The minimum Gasteiger partial charge on any atom is -0.497 e. The van der Waals surface area contributed by atoms with Crippen molar-refractivity contribution in [3.05, 3.63) is 135 Å². The number of aliphatic hydroxyl groups excluding tert-OH is 1. The van der Waals surface area contributed by atoms with Crippen LogP contribution in [0.25, 0.3) is 10.9 Å². The van der Waals surface area contributed by atoms with Gasteiger partial charge in [0, 0.05) is 11.8 Å². The molecule has 1 fully saturated rings. The number of alkyl halides is 3. The lowest BCUT2D eigenvalue weighted by atomic mass is 9.79. The summed E-state index contributed by atoms with van der Waals surface area (Å²) in [6.45, 7) is -0.637. The zero-order valence-electron chi connectivity index (χ0n) is 28.5. The molecule has 2 heterocycles. The number of halogens is 3. The highest BCUT2D eigenvalue weighted by Gasteiger charge is 2.54. The monoisotopic (exact) mass is 729 g/mol. The zero-order chi connectivity index (χ0) is 37.8. The summed E-state index contributed by atoms with van der Waals surface area (Å²) >= 11 is 0. The first kappa shape index (κ1) is 36.9. The number of hydrogen-bond acceptors (Lipinski definition) is 8.